The van der Waals surface area contributed by atoms with Crippen molar-refractivity contribution in [2.24, 2.45) is 11.8 Å². The number of esters is 1. The SMILES string of the molecule is C=CCCCCCCCCCOC(=O)C1CCCCC1C(=O)O. The van der Waals surface area contributed by atoms with Gasteiger partial charge in [0.15, 0.2) is 0 Å². The zero-order chi connectivity index (χ0) is 16.9. The van der Waals surface area contributed by atoms with Crippen molar-refractivity contribution in [1.82, 2.24) is 0 Å². The first-order valence-corrected chi connectivity index (χ1v) is 9.17. The van der Waals surface area contributed by atoms with Crippen molar-refractivity contribution in [3.05, 3.63) is 12.7 Å². The predicted octanol–water partition coefficient (Wildman–Crippen LogP) is 4.73. The smallest absolute Gasteiger partial charge is 0.309 e. The number of unbranched alkanes of at least 4 members (excludes halogenated alkanes) is 7. The number of allylic oxidation sites excluding steroid dienone is 1. The number of carbonyl (C=O) groups is 2. The summed E-state index contributed by atoms with van der Waals surface area (Å²) in [5.74, 6) is -2.15. The predicted molar refractivity (Wildman–Crippen MR) is 91.2 cm³/mol. The van der Waals surface area contributed by atoms with Crippen LogP contribution in [0.5, 0.6) is 0 Å². The van der Waals surface area contributed by atoms with Crippen molar-refractivity contribution < 1.29 is 19.4 Å². The minimum Gasteiger partial charge on any atom is -0.481 e. The van der Waals surface area contributed by atoms with Gasteiger partial charge in [-0.25, -0.2) is 0 Å². The number of hydrogen-bond donors (Lipinski definition) is 1. The molecule has 0 aliphatic heterocycles. The molecular weight excluding hydrogens is 292 g/mol. The van der Waals surface area contributed by atoms with Crippen LogP contribution < -0.4 is 0 Å². The van der Waals surface area contributed by atoms with Gasteiger partial charge in [-0.2, -0.15) is 0 Å². The van der Waals surface area contributed by atoms with Crippen LogP contribution in [0, 0.1) is 11.8 Å². The number of ether oxygens (including phenoxy) is 1. The number of carboxylic acid groups (broad SMARTS) is 1. The van der Waals surface area contributed by atoms with Gasteiger partial charge in [-0.15, -0.1) is 6.58 Å². The Morgan fingerprint density at radius 2 is 1.52 bits per heavy atom. The number of carboxylic acids is 1. The second-order valence-electron chi connectivity index (χ2n) is 6.56. The normalized spacial score (nSPS) is 20.9. The topological polar surface area (TPSA) is 63.6 Å². The summed E-state index contributed by atoms with van der Waals surface area (Å²) in [6.07, 6.45) is 14.3. The highest BCUT2D eigenvalue weighted by Crippen LogP contribution is 2.31. The lowest BCUT2D eigenvalue weighted by molar-refractivity contribution is -0.159. The Labute approximate surface area is 140 Å². The molecule has 1 aliphatic carbocycles. The van der Waals surface area contributed by atoms with Crippen molar-refractivity contribution in [2.45, 2.75) is 77.0 Å². The summed E-state index contributed by atoms with van der Waals surface area (Å²) in [6.45, 7) is 4.15. The first kappa shape index (κ1) is 19.7. The van der Waals surface area contributed by atoms with E-state index in [4.69, 9.17) is 4.74 Å². The first-order chi connectivity index (χ1) is 11.2. The van der Waals surface area contributed by atoms with Gasteiger partial charge in [0.1, 0.15) is 0 Å². The Kier molecular flexibility index (Phi) is 10.4. The second kappa shape index (κ2) is 12.1. The lowest BCUT2D eigenvalue weighted by atomic mass is 9.79. The van der Waals surface area contributed by atoms with Crippen LogP contribution in [0.1, 0.15) is 77.0 Å². The summed E-state index contributed by atoms with van der Waals surface area (Å²) in [5.41, 5.74) is 0. The molecule has 132 valence electrons. The maximum Gasteiger partial charge on any atom is 0.309 e. The minimum absolute atomic E-state index is 0.304. The van der Waals surface area contributed by atoms with Gasteiger partial charge in [0.05, 0.1) is 18.4 Å². The molecule has 0 aromatic heterocycles. The fourth-order valence-electron chi connectivity index (χ4n) is 3.26. The third kappa shape index (κ3) is 8.19. The largest absolute Gasteiger partial charge is 0.481 e. The third-order valence-corrected chi connectivity index (χ3v) is 4.68. The van der Waals surface area contributed by atoms with E-state index in [0.29, 0.717) is 19.4 Å². The number of carbonyl (C=O) groups excluding carboxylic acids is 1. The Balaban J connectivity index is 2.05. The second-order valence-corrected chi connectivity index (χ2v) is 6.56. The standard InChI is InChI=1S/C19H32O4/c1-2-3-4-5-6-7-8-9-12-15-23-19(22)17-14-11-10-13-16(17)18(20)21/h2,16-17H,1,3-15H2,(H,20,21). The molecule has 0 aromatic carbocycles. The van der Waals surface area contributed by atoms with E-state index in [1.165, 1.54) is 32.1 Å². The van der Waals surface area contributed by atoms with Gasteiger partial charge in [0, 0.05) is 0 Å². The van der Waals surface area contributed by atoms with E-state index in [1.807, 2.05) is 6.08 Å². The monoisotopic (exact) mass is 324 g/mol. The zero-order valence-electron chi connectivity index (χ0n) is 14.3. The maximum atomic E-state index is 12.1. The van der Waals surface area contributed by atoms with Crippen molar-refractivity contribution in [2.75, 3.05) is 6.61 Å². The molecule has 23 heavy (non-hydrogen) atoms. The van der Waals surface area contributed by atoms with Gasteiger partial charge in [-0.1, -0.05) is 51.0 Å². The molecular formula is C19H32O4. The molecule has 1 fully saturated rings. The maximum absolute atomic E-state index is 12.1. The summed E-state index contributed by atoms with van der Waals surface area (Å²) < 4.78 is 5.31. The van der Waals surface area contributed by atoms with Crippen LogP contribution in [-0.4, -0.2) is 23.7 Å². The Hall–Kier alpha value is -1.32. The highest BCUT2D eigenvalue weighted by atomic mass is 16.5. The highest BCUT2D eigenvalue weighted by Gasteiger charge is 2.36. The summed E-state index contributed by atoms with van der Waals surface area (Å²) >= 11 is 0. The highest BCUT2D eigenvalue weighted by molar-refractivity contribution is 5.81. The average Bonchev–Trinajstić information content (AvgIpc) is 2.56. The van der Waals surface area contributed by atoms with Crippen LogP contribution in [0.25, 0.3) is 0 Å². The van der Waals surface area contributed by atoms with Crippen LogP contribution in [-0.2, 0) is 14.3 Å². The fourth-order valence-corrected chi connectivity index (χ4v) is 3.26. The van der Waals surface area contributed by atoms with Gasteiger partial charge in [-0.3, -0.25) is 9.59 Å². The molecule has 0 heterocycles. The zero-order valence-corrected chi connectivity index (χ0v) is 14.3. The lowest BCUT2D eigenvalue weighted by Crippen LogP contribution is -2.33. The van der Waals surface area contributed by atoms with Crippen molar-refractivity contribution in [3.63, 3.8) is 0 Å². The molecule has 1 aliphatic rings. The van der Waals surface area contributed by atoms with Crippen LogP contribution in [0.15, 0.2) is 12.7 Å². The average molecular weight is 324 g/mol. The van der Waals surface area contributed by atoms with E-state index in [0.717, 1.165) is 32.1 Å². The van der Waals surface area contributed by atoms with Gasteiger partial charge in [0.2, 0.25) is 0 Å². The molecule has 0 radical (unpaired) electrons. The molecule has 0 bridgehead atoms. The van der Waals surface area contributed by atoms with E-state index in [-0.39, 0.29) is 5.97 Å². The lowest BCUT2D eigenvalue weighted by Gasteiger charge is -2.26. The van der Waals surface area contributed by atoms with E-state index >= 15 is 0 Å². The third-order valence-electron chi connectivity index (χ3n) is 4.68. The molecule has 0 saturated heterocycles. The van der Waals surface area contributed by atoms with Crippen LogP contribution in [0.2, 0.25) is 0 Å². The number of rotatable bonds is 12. The van der Waals surface area contributed by atoms with Gasteiger partial charge in [-0.05, 0) is 32.1 Å². The van der Waals surface area contributed by atoms with E-state index < -0.39 is 17.8 Å². The quantitative estimate of drug-likeness (QED) is 0.320. The van der Waals surface area contributed by atoms with E-state index in [1.54, 1.807) is 0 Å². The van der Waals surface area contributed by atoms with Gasteiger partial charge in [0.25, 0.3) is 0 Å². The molecule has 4 heteroatoms. The molecule has 0 spiro atoms. The summed E-state index contributed by atoms with van der Waals surface area (Å²) in [6, 6.07) is 0. The van der Waals surface area contributed by atoms with Crippen molar-refractivity contribution in [3.8, 4) is 0 Å². The molecule has 1 saturated carbocycles. The molecule has 0 aromatic rings. The molecule has 0 amide bonds. The van der Waals surface area contributed by atoms with E-state index in [2.05, 4.69) is 6.58 Å². The van der Waals surface area contributed by atoms with Crippen LogP contribution in [0.4, 0.5) is 0 Å². The molecule has 1 rings (SSSR count). The van der Waals surface area contributed by atoms with Gasteiger partial charge < -0.3 is 9.84 Å². The molecule has 1 N–H and O–H groups in total. The minimum atomic E-state index is -0.858. The van der Waals surface area contributed by atoms with Crippen molar-refractivity contribution >= 4 is 11.9 Å². The van der Waals surface area contributed by atoms with Crippen LogP contribution in [0.3, 0.4) is 0 Å². The Bertz CT molecular complexity index is 364. The van der Waals surface area contributed by atoms with Crippen LogP contribution >= 0.6 is 0 Å². The Morgan fingerprint density at radius 3 is 2.13 bits per heavy atom. The first-order valence-electron chi connectivity index (χ1n) is 9.17. The molecule has 2 unspecified atom stereocenters. The number of aliphatic carboxylic acids is 1. The summed E-state index contributed by atoms with van der Waals surface area (Å²) in [5, 5.41) is 9.19. The summed E-state index contributed by atoms with van der Waals surface area (Å²) in [7, 11) is 0. The Morgan fingerprint density at radius 1 is 0.957 bits per heavy atom. The summed E-state index contributed by atoms with van der Waals surface area (Å²) in [4.78, 5) is 23.3. The number of hydrogen-bond acceptors (Lipinski definition) is 3. The molecule has 2 atom stereocenters. The molecule has 4 nitrogen and oxygen atoms in total. The van der Waals surface area contributed by atoms with Crippen molar-refractivity contribution in [1.29, 1.82) is 0 Å². The fraction of sp³-hybridized carbons (Fsp3) is 0.789. The van der Waals surface area contributed by atoms with Gasteiger partial charge >= 0.3 is 11.9 Å². The van der Waals surface area contributed by atoms with E-state index in [9.17, 15) is 14.7 Å².